The molecule has 0 atom stereocenters. The quantitative estimate of drug-likeness (QED) is 0.914. The van der Waals surface area contributed by atoms with Crippen molar-refractivity contribution in [2.24, 2.45) is 0 Å². The second-order valence-corrected chi connectivity index (χ2v) is 4.34. The van der Waals surface area contributed by atoms with Gasteiger partial charge in [-0.2, -0.15) is 0 Å². The van der Waals surface area contributed by atoms with Crippen molar-refractivity contribution < 1.29 is 4.74 Å². The van der Waals surface area contributed by atoms with Crippen LogP contribution in [0.15, 0.2) is 41.1 Å². The fraction of sp³-hybridized carbons (Fsp3) is 0.0833. The Labute approximate surface area is 102 Å². The number of hydrogen-bond acceptors (Lipinski definition) is 3. The summed E-state index contributed by atoms with van der Waals surface area (Å²) < 4.78 is 6.57. The van der Waals surface area contributed by atoms with Crippen molar-refractivity contribution >= 4 is 21.6 Å². The average molecular weight is 279 g/mol. The summed E-state index contributed by atoms with van der Waals surface area (Å²) in [7, 11) is 0. The van der Waals surface area contributed by atoms with Crippen molar-refractivity contribution in [3.63, 3.8) is 0 Å². The Hall–Kier alpha value is -1.55. The second kappa shape index (κ2) is 4.53. The van der Waals surface area contributed by atoms with Crippen molar-refractivity contribution in [3.8, 4) is 11.5 Å². The first kappa shape index (κ1) is 11.0. The van der Waals surface area contributed by atoms with Gasteiger partial charge in [-0.05, 0) is 40.5 Å². The number of aryl methyl sites for hydroxylation is 1. The Morgan fingerprint density at radius 1 is 1.25 bits per heavy atom. The van der Waals surface area contributed by atoms with E-state index in [1.165, 1.54) is 5.56 Å². The topological polar surface area (TPSA) is 48.1 Å². The van der Waals surface area contributed by atoms with Crippen LogP contribution in [0.2, 0.25) is 0 Å². The van der Waals surface area contributed by atoms with E-state index in [-0.39, 0.29) is 0 Å². The molecule has 0 aliphatic carbocycles. The third-order valence-corrected chi connectivity index (χ3v) is 2.67. The molecule has 0 saturated heterocycles. The number of benzene rings is 1. The molecule has 0 fully saturated rings. The molecule has 0 spiro atoms. The highest BCUT2D eigenvalue weighted by Crippen LogP contribution is 2.30. The van der Waals surface area contributed by atoms with E-state index in [0.717, 1.165) is 10.2 Å². The van der Waals surface area contributed by atoms with Crippen LogP contribution in [0.25, 0.3) is 0 Å². The van der Waals surface area contributed by atoms with Crippen LogP contribution < -0.4 is 10.5 Å². The van der Waals surface area contributed by atoms with Gasteiger partial charge in [-0.3, -0.25) is 4.98 Å². The van der Waals surface area contributed by atoms with Crippen molar-refractivity contribution in [2.75, 3.05) is 5.73 Å². The van der Waals surface area contributed by atoms with E-state index in [1.54, 1.807) is 18.5 Å². The molecule has 16 heavy (non-hydrogen) atoms. The molecule has 2 rings (SSSR count). The van der Waals surface area contributed by atoms with E-state index in [4.69, 9.17) is 10.5 Å². The molecule has 0 radical (unpaired) electrons. The van der Waals surface area contributed by atoms with Gasteiger partial charge in [0.25, 0.3) is 0 Å². The van der Waals surface area contributed by atoms with Crippen molar-refractivity contribution in [1.82, 2.24) is 4.98 Å². The van der Waals surface area contributed by atoms with Gasteiger partial charge in [0, 0.05) is 6.07 Å². The van der Waals surface area contributed by atoms with Crippen LogP contribution in [0.1, 0.15) is 5.56 Å². The van der Waals surface area contributed by atoms with Gasteiger partial charge in [0.1, 0.15) is 11.5 Å². The van der Waals surface area contributed by atoms with Crippen LogP contribution in [0.4, 0.5) is 5.69 Å². The van der Waals surface area contributed by atoms with E-state index in [1.807, 2.05) is 25.1 Å². The van der Waals surface area contributed by atoms with Gasteiger partial charge in [-0.25, -0.2) is 0 Å². The van der Waals surface area contributed by atoms with Crippen LogP contribution in [0.3, 0.4) is 0 Å². The van der Waals surface area contributed by atoms with Crippen LogP contribution in [-0.4, -0.2) is 4.98 Å². The summed E-state index contributed by atoms with van der Waals surface area (Å²) in [4.78, 5) is 3.96. The number of anilines is 1. The molecule has 1 heterocycles. The van der Waals surface area contributed by atoms with E-state index in [0.29, 0.717) is 11.4 Å². The molecule has 0 unspecified atom stereocenters. The molecule has 0 aliphatic rings. The number of nitrogens with zero attached hydrogens (tertiary/aromatic N) is 1. The predicted octanol–water partition coefficient (Wildman–Crippen LogP) is 3.53. The average Bonchev–Trinajstić information content (AvgIpc) is 2.22. The lowest BCUT2D eigenvalue weighted by atomic mass is 10.2. The summed E-state index contributed by atoms with van der Waals surface area (Å²) >= 11 is 3.45. The molecule has 0 amide bonds. The number of hydrogen-bond donors (Lipinski definition) is 1. The molecule has 0 aliphatic heterocycles. The first-order chi connectivity index (χ1) is 7.65. The van der Waals surface area contributed by atoms with Crippen LogP contribution >= 0.6 is 15.9 Å². The zero-order valence-electron chi connectivity index (χ0n) is 8.77. The highest BCUT2D eigenvalue weighted by atomic mass is 79.9. The maximum absolute atomic E-state index is 5.66. The molecule has 2 N–H and O–H groups in total. The smallest absolute Gasteiger partial charge is 0.147 e. The van der Waals surface area contributed by atoms with Crippen molar-refractivity contribution in [1.29, 1.82) is 0 Å². The standard InChI is InChI=1S/C12H11BrN2O/c1-8-2-3-12(11(13)4-8)16-10-5-9(14)6-15-7-10/h2-7H,14H2,1H3. The number of pyridine rings is 1. The molecule has 82 valence electrons. The summed E-state index contributed by atoms with van der Waals surface area (Å²) in [6.07, 6.45) is 3.21. The van der Waals surface area contributed by atoms with Gasteiger partial charge in [-0.15, -0.1) is 0 Å². The lowest BCUT2D eigenvalue weighted by Gasteiger charge is -2.08. The summed E-state index contributed by atoms with van der Waals surface area (Å²) in [5, 5.41) is 0. The Morgan fingerprint density at radius 2 is 2.06 bits per heavy atom. The fourth-order valence-corrected chi connectivity index (χ4v) is 1.88. The molecule has 4 heteroatoms. The van der Waals surface area contributed by atoms with Gasteiger partial charge < -0.3 is 10.5 Å². The fourth-order valence-electron chi connectivity index (χ4n) is 1.31. The summed E-state index contributed by atoms with van der Waals surface area (Å²) in [6, 6.07) is 7.62. The molecular formula is C12H11BrN2O. The third-order valence-electron chi connectivity index (χ3n) is 2.05. The largest absolute Gasteiger partial charge is 0.454 e. The number of nitrogen functional groups attached to an aromatic ring is 1. The van der Waals surface area contributed by atoms with Gasteiger partial charge in [0.15, 0.2) is 0 Å². The Morgan fingerprint density at radius 3 is 2.75 bits per heavy atom. The minimum Gasteiger partial charge on any atom is -0.454 e. The minimum atomic E-state index is 0.584. The summed E-state index contributed by atoms with van der Waals surface area (Å²) in [5.41, 5.74) is 7.38. The number of nitrogens with two attached hydrogens (primary N) is 1. The molecular weight excluding hydrogens is 268 g/mol. The van der Waals surface area contributed by atoms with E-state index < -0.39 is 0 Å². The molecule has 0 saturated carbocycles. The van der Waals surface area contributed by atoms with E-state index >= 15 is 0 Å². The van der Waals surface area contributed by atoms with E-state index in [9.17, 15) is 0 Å². The lowest BCUT2D eigenvalue weighted by molar-refractivity contribution is 0.477. The normalized spacial score (nSPS) is 10.1. The second-order valence-electron chi connectivity index (χ2n) is 3.49. The zero-order chi connectivity index (χ0) is 11.5. The van der Waals surface area contributed by atoms with Gasteiger partial charge in [0.2, 0.25) is 0 Å². The lowest BCUT2D eigenvalue weighted by Crippen LogP contribution is -1.90. The highest BCUT2D eigenvalue weighted by Gasteiger charge is 2.03. The van der Waals surface area contributed by atoms with Gasteiger partial charge in [-0.1, -0.05) is 6.07 Å². The van der Waals surface area contributed by atoms with Gasteiger partial charge >= 0.3 is 0 Å². The molecule has 1 aromatic carbocycles. The Kier molecular flexibility index (Phi) is 3.10. The zero-order valence-corrected chi connectivity index (χ0v) is 10.4. The minimum absolute atomic E-state index is 0.584. The highest BCUT2D eigenvalue weighted by molar-refractivity contribution is 9.10. The summed E-state index contributed by atoms with van der Waals surface area (Å²) in [5.74, 6) is 1.38. The van der Waals surface area contributed by atoms with E-state index in [2.05, 4.69) is 20.9 Å². The maximum atomic E-state index is 5.66. The molecule has 0 bridgehead atoms. The van der Waals surface area contributed by atoms with Crippen molar-refractivity contribution in [3.05, 3.63) is 46.7 Å². The number of aromatic nitrogens is 1. The number of ether oxygens (including phenoxy) is 1. The Bertz CT molecular complexity index is 514. The predicted molar refractivity (Wildman–Crippen MR) is 67.6 cm³/mol. The number of rotatable bonds is 2. The monoisotopic (exact) mass is 278 g/mol. The molecule has 3 nitrogen and oxygen atoms in total. The van der Waals surface area contributed by atoms with Crippen LogP contribution in [-0.2, 0) is 0 Å². The first-order valence-corrected chi connectivity index (χ1v) is 5.59. The molecule has 1 aromatic heterocycles. The number of halogens is 1. The third kappa shape index (κ3) is 2.52. The summed E-state index contributed by atoms with van der Waals surface area (Å²) in [6.45, 7) is 2.02. The van der Waals surface area contributed by atoms with Crippen molar-refractivity contribution in [2.45, 2.75) is 6.92 Å². The van der Waals surface area contributed by atoms with Crippen LogP contribution in [0.5, 0.6) is 11.5 Å². The Balaban J connectivity index is 2.27. The SMILES string of the molecule is Cc1ccc(Oc2cncc(N)c2)c(Br)c1. The molecule has 2 aromatic rings. The van der Waals surface area contributed by atoms with Gasteiger partial charge in [0.05, 0.1) is 22.6 Å². The first-order valence-electron chi connectivity index (χ1n) is 4.80. The maximum Gasteiger partial charge on any atom is 0.147 e. The van der Waals surface area contributed by atoms with Crippen LogP contribution in [0, 0.1) is 6.92 Å².